The van der Waals surface area contributed by atoms with Gasteiger partial charge in [-0.05, 0) is 60.0 Å². The number of aryl methyl sites for hydroxylation is 2. The molecule has 4 aromatic rings. The molecule has 0 spiro atoms. The lowest BCUT2D eigenvalue weighted by Crippen LogP contribution is -2.37. The molecule has 4 N–H and O–H groups in total. The van der Waals surface area contributed by atoms with E-state index in [-0.39, 0.29) is 28.7 Å². The van der Waals surface area contributed by atoms with E-state index < -0.39 is 22.5 Å². The third kappa shape index (κ3) is 5.78. The summed E-state index contributed by atoms with van der Waals surface area (Å²) in [5, 5.41) is 18.4. The molecule has 1 heterocycles. The first-order valence-electron chi connectivity index (χ1n) is 13.2. The number of nitrogens with two attached hydrogens (primary N) is 1. The van der Waals surface area contributed by atoms with Crippen molar-refractivity contribution >= 4 is 49.9 Å². The van der Waals surface area contributed by atoms with Gasteiger partial charge < -0.3 is 15.7 Å². The highest BCUT2D eigenvalue weighted by molar-refractivity contribution is 7.93. The molecule has 41 heavy (non-hydrogen) atoms. The Hall–Kier alpha value is -4.70. The molecule has 0 saturated heterocycles. The van der Waals surface area contributed by atoms with Crippen LogP contribution in [0.4, 0.5) is 11.4 Å². The van der Waals surface area contributed by atoms with Crippen molar-refractivity contribution in [1.82, 2.24) is 0 Å². The summed E-state index contributed by atoms with van der Waals surface area (Å²) in [6, 6.07) is 24.2. The van der Waals surface area contributed by atoms with E-state index >= 15 is 0 Å². The van der Waals surface area contributed by atoms with Gasteiger partial charge in [-0.25, -0.2) is 8.42 Å². The first-order valence-corrected chi connectivity index (χ1v) is 14.7. The van der Waals surface area contributed by atoms with Crippen molar-refractivity contribution < 1.29 is 23.1 Å². The molecule has 1 aliphatic rings. The van der Waals surface area contributed by atoms with Gasteiger partial charge in [0.05, 0.1) is 10.6 Å². The number of hydrogen-bond acceptors (Lipinski definition) is 5. The molecule has 0 aliphatic carbocycles. The fourth-order valence-electron chi connectivity index (χ4n) is 5.21. The number of nitrogens with zero attached hydrogens (tertiary/aromatic N) is 2. The number of aliphatic carboxylic acids is 1. The highest BCUT2D eigenvalue weighted by atomic mass is 32.2. The maximum atomic E-state index is 13.9. The zero-order valence-corrected chi connectivity index (χ0v) is 23.1. The smallest absolute Gasteiger partial charge is 0.324 e. The number of benzene rings is 4. The SMILES string of the molecule is N=C(N)c1ccc(CCC(=O)N2CCCc3cc(N(CC(=O)O)S(=O)(=O)c4cccc5ccccc45)ccc32)cc1. The number of carbonyl (C=O) groups excluding carboxylic acids is 1. The Bertz CT molecular complexity index is 1750. The maximum Gasteiger partial charge on any atom is 0.324 e. The van der Waals surface area contributed by atoms with Gasteiger partial charge in [0, 0.05) is 29.6 Å². The fourth-order valence-corrected chi connectivity index (χ4v) is 6.84. The number of carbonyl (C=O) groups is 2. The van der Waals surface area contributed by atoms with Crippen LogP contribution in [0.15, 0.2) is 89.8 Å². The van der Waals surface area contributed by atoms with Crippen molar-refractivity contribution in [1.29, 1.82) is 5.41 Å². The minimum absolute atomic E-state index is 0.0104. The Morgan fingerprint density at radius 2 is 1.71 bits per heavy atom. The zero-order valence-electron chi connectivity index (χ0n) is 22.3. The maximum absolute atomic E-state index is 13.9. The van der Waals surface area contributed by atoms with Crippen LogP contribution in [0.2, 0.25) is 0 Å². The Morgan fingerprint density at radius 1 is 0.976 bits per heavy atom. The van der Waals surface area contributed by atoms with Crippen LogP contribution in [0.5, 0.6) is 0 Å². The Labute approximate surface area is 238 Å². The van der Waals surface area contributed by atoms with Gasteiger partial charge >= 0.3 is 5.97 Å². The third-order valence-electron chi connectivity index (χ3n) is 7.26. The molecule has 0 bridgehead atoms. The van der Waals surface area contributed by atoms with E-state index in [0.717, 1.165) is 20.8 Å². The number of nitrogen functional groups attached to an aromatic ring is 1. The number of amides is 1. The molecule has 0 radical (unpaired) electrons. The zero-order chi connectivity index (χ0) is 29.1. The average molecular weight is 571 g/mol. The number of rotatable bonds is 9. The monoisotopic (exact) mass is 570 g/mol. The predicted octanol–water partition coefficient (Wildman–Crippen LogP) is 4.32. The molecular formula is C31H30N4O5S. The summed E-state index contributed by atoms with van der Waals surface area (Å²) in [6.45, 7) is -0.197. The van der Waals surface area contributed by atoms with E-state index in [1.165, 1.54) is 6.07 Å². The van der Waals surface area contributed by atoms with Gasteiger partial charge in [0.2, 0.25) is 5.91 Å². The second-order valence-corrected chi connectivity index (χ2v) is 11.8. The Balaban J connectivity index is 1.42. The first-order chi connectivity index (χ1) is 19.6. The van der Waals surface area contributed by atoms with Crippen LogP contribution >= 0.6 is 0 Å². The largest absolute Gasteiger partial charge is 0.480 e. The van der Waals surface area contributed by atoms with Crippen LogP contribution in [0.25, 0.3) is 10.8 Å². The number of carboxylic acid groups (broad SMARTS) is 1. The molecule has 1 aliphatic heterocycles. The van der Waals surface area contributed by atoms with Crippen LogP contribution in [-0.4, -0.2) is 44.3 Å². The van der Waals surface area contributed by atoms with Gasteiger partial charge in [0.1, 0.15) is 12.4 Å². The summed E-state index contributed by atoms with van der Waals surface area (Å²) >= 11 is 0. The van der Waals surface area contributed by atoms with E-state index in [9.17, 15) is 23.1 Å². The fraction of sp³-hybridized carbons (Fsp3) is 0.194. The number of sulfonamides is 1. The molecule has 0 saturated carbocycles. The second kappa shape index (κ2) is 11.4. The molecule has 0 fully saturated rings. The van der Waals surface area contributed by atoms with Gasteiger partial charge in [0.25, 0.3) is 10.0 Å². The first kappa shape index (κ1) is 27.9. The van der Waals surface area contributed by atoms with Crippen molar-refractivity contribution in [3.63, 3.8) is 0 Å². The summed E-state index contributed by atoms with van der Waals surface area (Å²) < 4.78 is 28.7. The predicted molar refractivity (Wildman–Crippen MR) is 159 cm³/mol. The van der Waals surface area contributed by atoms with Crippen LogP contribution in [0.3, 0.4) is 0 Å². The molecule has 10 heteroatoms. The van der Waals surface area contributed by atoms with E-state index in [1.807, 2.05) is 30.3 Å². The van der Waals surface area contributed by atoms with E-state index in [0.29, 0.717) is 42.4 Å². The topological polar surface area (TPSA) is 145 Å². The minimum atomic E-state index is -4.23. The van der Waals surface area contributed by atoms with Crippen LogP contribution in [0, 0.1) is 5.41 Å². The number of carboxylic acids is 1. The van der Waals surface area contributed by atoms with Gasteiger partial charge in [-0.3, -0.25) is 19.3 Å². The lowest BCUT2D eigenvalue weighted by Gasteiger charge is -2.31. The van der Waals surface area contributed by atoms with Gasteiger partial charge in [0.15, 0.2) is 0 Å². The summed E-state index contributed by atoms with van der Waals surface area (Å²) in [5.41, 5.74) is 8.82. The molecule has 0 aromatic heterocycles. The average Bonchev–Trinajstić information content (AvgIpc) is 2.97. The normalized spacial score (nSPS) is 13.0. The lowest BCUT2D eigenvalue weighted by molar-refractivity contribution is -0.135. The Morgan fingerprint density at radius 3 is 2.44 bits per heavy atom. The number of anilines is 2. The standard InChI is InChI=1S/C31H30N4O5S/c32-31(33)23-13-10-21(11-14-23)12-17-29(36)34-18-4-7-24-19-25(15-16-27(24)34)35(20-30(37)38)41(39,40)28-9-3-6-22-5-1-2-8-26(22)28/h1-3,5-6,8-11,13-16,19H,4,7,12,17-18,20H2,(H3,32,33)(H,37,38). The van der Waals surface area contributed by atoms with Gasteiger partial charge in [-0.15, -0.1) is 0 Å². The van der Waals surface area contributed by atoms with Gasteiger partial charge in [-0.1, -0.05) is 60.7 Å². The number of fused-ring (bicyclic) bond motifs is 2. The summed E-state index contributed by atoms with van der Waals surface area (Å²) in [4.78, 5) is 26.8. The van der Waals surface area contributed by atoms with Crippen LogP contribution in [-0.2, 0) is 32.5 Å². The minimum Gasteiger partial charge on any atom is -0.480 e. The van der Waals surface area contributed by atoms with Crippen molar-refractivity contribution in [2.75, 3.05) is 22.3 Å². The highest BCUT2D eigenvalue weighted by Crippen LogP contribution is 2.35. The van der Waals surface area contributed by atoms with Gasteiger partial charge in [-0.2, -0.15) is 0 Å². The van der Waals surface area contributed by atoms with Crippen molar-refractivity contribution in [2.45, 2.75) is 30.6 Å². The van der Waals surface area contributed by atoms with Crippen molar-refractivity contribution in [3.05, 3.63) is 102 Å². The van der Waals surface area contributed by atoms with Crippen LogP contribution < -0.4 is 14.9 Å². The molecule has 0 atom stereocenters. The molecule has 9 nitrogen and oxygen atoms in total. The molecule has 210 valence electrons. The molecule has 5 rings (SSSR count). The summed E-state index contributed by atoms with van der Waals surface area (Å²) in [5.74, 6) is -1.34. The van der Waals surface area contributed by atoms with Crippen molar-refractivity contribution in [2.24, 2.45) is 5.73 Å². The summed E-state index contributed by atoms with van der Waals surface area (Å²) in [6.07, 6.45) is 2.14. The van der Waals surface area contributed by atoms with Crippen LogP contribution in [0.1, 0.15) is 29.5 Å². The Kier molecular flexibility index (Phi) is 7.76. The number of nitrogens with one attached hydrogen (secondary N) is 1. The molecule has 0 unspecified atom stereocenters. The number of amidine groups is 1. The van der Waals surface area contributed by atoms with E-state index in [1.54, 1.807) is 53.4 Å². The second-order valence-electron chi connectivity index (χ2n) is 9.96. The lowest BCUT2D eigenvalue weighted by atomic mass is 9.99. The molecular weight excluding hydrogens is 540 g/mol. The van der Waals surface area contributed by atoms with Crippen molar-refractivity contribution in [3.8, 4) is 0 Å². The molecule has 1 amide bonds. The van der Waals surface area contributed by atoms with E-state index in [4.69, 9.17) is 11.1 Å². The van der Waals surface area contributed by atoms with E-state index in [2.05, 4.69) is 0 Å². The molecule has 4 aromatic carbocycles. The number of hydrogen-bond donors (Lipinski definition) is 3. The summed E-state index contributed by atoms with van der Waals surface area (Å²) in [7, 11) is -4.23. The highest BCUT2D eigenvalue weighted by Gasteiger charge is 2.30. The third-order valence-corrected chi connectivity index (χ3v) is 9.09. The quantitative estimate of drug-likeness (QED) is 0.202.